The number of ether oxygens (including phenoxy) is 1. The molecule has 4 rings (SSSR count). The number of likely N-dealkylation sites (tertiary alicyclic amines) is 1. The van der Waals surface area contributed by atoms with Crippen LogP contribution in [0.5, 0.6) is 0 Å². The van der Waals surface area contributed by atoms with Crippen LogP contribution >= 0.6 is 11.3 Å². The molecule has 4 N–H and O–H groups in total. The van der Waals surface area contributed by atoms with Gasteiger partial charge in [-0.15, -0.1) is 11.3 Å². The van der Waals surface area contributed by atoms with E-state index in [1.807, 2.05) is 12.1 Å². The number of nitrogens with two attached hydrogens (primary N) is 2. The fraction of sp³-hybridized carbons (Fsp3) is 0.316. The number of amides is 2. The molecule has 1 aliphatic heterocycles. The summed E-state index contributed by atoms with van der Waals surface area (Å²) in [5.74, 6) is -0.516. The quantitative estimate of drug-likeness (QED) is 0.696. The molecule has 1 unspecified atom stereocenters. The van der Waals surface area contributed by atoms with Crippen molar-refractivity contribution in [3.63, 3.8) is 0 Å². The lowest BCUT2D eigenvalue weighted by Gasteiger charge is -2.31. The van der Waals surface area contributed by atoms with Crippen molar-refractivity contribution in [2.45, 2.75) is 18.8 Å². The van der Waals surface area contributed by atoms with E-state index in [1.54, 1.807) is 17.4 Å². The number of piperidine rings is 1. The number of pyridine rings is 1. The van der Waals surface area contributed by atoms with E-state index in [2.05, 4.69) is 0 Å². The lowest BCUT2D eigenvalue weighted by Crippen LogP contribution is -2.39. The van der Waals surface area contributed by atoms with Crippen LogP contribution < -0.4 is 11.5 Å². The van der Waals surface area contributed by atoms with Crippen LogP contribution in [0.4, 0.5) is 10.5 Å². The van der Waals surface area contributed by atoms with Crippen LogP contribution in [0.3, 0.4) is 0 Å². The Balaban J connectivity index is 1.84. The number of furan rings is 1. The molecular weight excluding hydrogens is 380 g/mol. The molecule has 0 bridgehead atoms. The van der Waals surface area contributed by atoms with Crippen LogP contribution in [0.2, 0.25) is 0 Å². The van der Waals surface area contributed by atoms with E-state index in [1.165, 1.54) is 18.4 Å². The van der Waals surface area contributed by atoms with Crippen LogP contribution in [-0.2, 0) is 4.74 Å². The molecule has 1 atom stereocenters. The first-order chi connectivity index (χ1) is 13.5. The third-order valence-corrected chi connectivity index (χ3v) is 6.16. The number of thiophene rings is 1. The Bertz CT molecular complexity index is 1040. The molecular formula is C19H20N4O4S. The van der Waals surface area contributed by atoms with Crippen molar-refractivity contribution in [2.75, 3.05) is 25.9 Å². The molecule has 0 spiro atoms. The van der Waals surface area contributed by atoms with Crippen molar-refractivity contribution in [1.82, 2.24) is 9.88 Å². The van der Waals surface area contributed by atoms with Gasteiger partial charge in [0, 0.05) is 35.7 Å². The Morgan fingerprint density at radius 1 is 1.43 bits per heavy atom. The molecule has 0 aromatic carbocycles. The Labute approximate surface area is 165 Å². The summed E-state index contributed by atoms with van der Waals surface area (Å²) in [6, 6.07) is 3.80. The maximum absolute atomic E-state index is 11.9. The topological polar surface area (TPSA) is 125 Å². The standard InChI is InChI=1S/C19H20N4O4S/c1-26-19(25)23-5-2-3-10(8-23)13-7-12(11-4-6-27-9-11)14-15(20)16(17(21)24)28-18(14)22-13/h4,6-7,9-10H,2-3,5,8,20H2,1H3,(H2,21,24). The first-order valence-corrected chi connectivity index (χ1v) is 9.69. The summed E-state index contributed by atoms with van der Waals surface area (Å²) >= 11 is 1.19. The molecule has 146 valence electrons. The van der Waals surface area contributed by atoms with Crippen molar-refractivity contribution in [3.05, 3.63) is 35.2 Å². The van der Waals surface area contributed by atoms with Gasteiger partial charge in [-0.05, 0) is 30.5 Å². The van der Waals surface area contributed by atoms with Gasteiger partial charge in [-0.25, -0.2) is 9.78 Å². The number of carbonyl (C=O) groups is 2. The average Bonchev–Trinajstić information content (AvgIpc) is 3.35. The summed E-state index contributed by atoms with van der Waals surface area (Å²) in [6.45, 7) is 1.19. The van der Waals surface area contributed by atoms with Crippen molar-refractivity contribution >= 4 is 39.2 Å². The molecule has 1 saturated heterocycles. The number of anilines is 1. The van der Waals surface area contributed by atoms with Gasteiger partial charge in [0.1, 0.15) is 9.71 Å². The van der Waals surface area contributed by atoms with Crippen LogP contribution in [-0.4, -0.2) is 42.1 Å². The molecule has 2 amide bonds. The summed E-state index contributed by atoms with van der Waals surface area (Å²) in [6.07, 6.45) is 4.64. The summed E-state index contributed by atoms with van der Waals surface area (Å²) in [5, 5.41) is 0.699. The van der Waals surface area contributed by atoms with Gasteiger partial charge in [0.25, 0.3) is 5.91 Å². The maximum Gasteiger partial charge on any atom is 0.409 e. The largest absolute Gasteiger partial charge is 0.472 e. The van der Waals surface area contributed by atoms with Crippen molar-refractivity contribution < 1.29 is 18.7 Å². The number of nitrogens with zero attached hydrogens (tertiary/aromatic N) is 2. The number of fused-ring (bicyclic) bond motifs is 1. The second-order valence-corrected chi connectivity index (χ2v) is 7.75. The third-order valence-electron chi connectivity index (χ3n) is 5.05. The molecule has 3 aromatic heterocycles. The molecule has 0 aliphatic carbocycles. The third kappa shape index (κ3) is 3.07. The fourth-order valence-corrected chi connectivity index (χ4v) is 4.67. The zero-order valence-corrected chi connectivity index (χ0v) is 16.1. The fourth-order valence-electron chi connectivity index (χ4n) is 3.69. The van der Waals surface area contributed by atoms with Crippen molar-refractivity contribution in [3.8, 4) is 11.1 Å². The van der Waals surface area contributed by atoms with E-state index in [-0.39, 0.29) is 12.0 Å². The molecule has 0 radical (unpaired) electrons. The Hall–Kier alpha value is -3.07. The molecule has 9 heteroatoms. The van der Waals surface area contributed by atoms with Crippen molar-refractivity contribution in [2.24, 2.45) is 5.73 Å². The van der Waals surface area contributed by atoms with Crippen LogP contribution in [0, 0.1) is 0 Å². The monoisotopic (exact) mass is 400 g/mol. The van der Waals surface area contributed by atoms with Gasteiger partial charge >= 0.3 is 6.09 Å². The average molecular weight is 400 g/mol. The van der Waals surface area contributed by atoms with E-state index >= 15 is 0 Å². The van der Waals surface area contributed by atoms with Crippen LogP contribution in [0.25, 0.3) is 21.3 Å². The zero-order chi connectivity index (χ0) is 19.8. The highest BCUT2D eigenvalue weighted by molar-refractivity contribution is 7.21. The SMILES string of the molecule is COC(=O)N1CCCC(c2cc(-c3ccoc3)c3c(N)c(C(N)=O)sc3n2)C1. The highest BCUT2D eigenvalue weighted by atomic mass is 32.1. The predicted molar refractivity (Wildman–Crippen MR) is 106 cm³/mol. The maximum atomic E-state index is 11.9. The summed E-state index contributed by atoms with van der Waals surface area (Å²) in [4.78, 5) is 31.1. The second-order valence-electron chi connectivity index (χ2n) is 6.75. The van der Waals surface area contributed by atoms with E-state index < -0.39 is 5.91 Å². The van der Waals surface area contributed by atoms with Crippen LogP contribution in [0.15, 0.2) is 29.1 Å². The van der Waals surface area contributed by atoms with Gasteiger partial charge < -0.3 is 25.5 Å². The second kappa shape index (κ2) is 7.16. The first kappa shape index (κ1) is 18.3. The summed E-state index contributed by atoms with van der Waals surface area (Å²) in [5.41, 5.74) is 14.6. The lowest BCUT2D eigenvalue weighted by atomic mass is 9.92. The van der Waals surface area contributed by atoms with E-state index in [0.29, 0.717) is 33.9 Å². The van der Waals surface area contributed by atoms with Gasteiger partial charge in [0.2, 0.25) is 0 Å². The molecule has 8 nitrogen and oxygen atoms in total. The van der Waals surface area contributed by atoms with Gasteiger partial charge in [0.05, 0.1) is 25.3 Å². The number of aromatic nitrogens is 1. The van der Waals surface area contributed by atoms with E-state index in [0.717, 1.165) is 29.7 Å². The molecule has 4 heterocycles. The Kier molecular flexibility index (Phi) is 4.68. The van der Waals surface area contributed by atoms with Gasteiger partial charge in [0.15, 0.2) is 0 Å². The van der Waals surface area contributed by atoms with E-state index in [4.69, 9.17) is 25.6 Å². The van der Waals surface area contributed by atoms with Gasteiger partial charge in [-0.2, -0.15) is 0 Å². The Morgan fingerprint density at radius 2 is 2.25 bits per heavy atom. The molecule has 3 aromatic rings. The van der Waals surface area contributed by atoms with E-state index in [9.17, 15) is 9.59 Å². The Morgan fingerprint density at radius 3 is 2.93 bits per heavy atom. The summed E-state index contributed by atoms with van der Waals surface area (Å²) < 4.78 is 10.1. The van der Waals surface area contributed by atoms with Gasteiger partial charge in [-0.3, -0.25) is 4.79 Å². The van der Waals surface area contributed by atoms with Crippen molar-refractivity contribution in [1.29, 1.82) is 0 Å². The highest BCUT2D eigenvalue weighted by Gasteiger charge is 2.28. The molecule has 1 fully saturated rings. The minimum atomic E-state index is -0.574. The number of hydrogen-bond donors (Lipinski definition) is 2. The number of primary amides is 1. The number of methoxy groups -OCH3 is 1. The number of hydrogen-bond acceptors (Lipinski definition) is 7. The highest BCUT2D eigenvalue weighted by Crippen LogP contribution is 2.41. The predicted octanol–water partition coefficient (Wildman–Crippen LogP) is 3.18. The van der Waals surface area contributed by atoms with Crippen LogP contribution in [0.1, 0.15) is 34.1 Å². The molecule has 28 heavy (non-hydrogen) atoms. The first-order valence-electron chi connectivity index (χ1n) is 8.87. The minimum absolute atomic E-state index is 0.0586. The number of carbonyl (C=O) groups excluding carboxylic acids is 2. The molecule has 1 aliphatic rings. The summed E-state index contributed by atoms with van der Waals surface area (Å²) in [7, 11) is 1.38. The lowest BCUT2D eigenvalue weighted by molar-refractivity contribution is 0.100. The van der Waals surface area contributed by atoms with Gasteiger partial charge in [-0.1, -0.05) is 0 Å². The smallest absolute Gasteiger partial charge is 0.409 e. The zero-order valence-electron chi connectivity index (χ0n) is 15.3. The normalized spacial score (nSPS) is 17.0. The molecule has 0 saturated carbocycles. The number of nitrogen functional groups attached to an aromatic ring is 1. The minimum Gasteiger partial charge on any atom is -0.472 e. The number of rotatable bonds is 3.